The summed E-state index contributed by atoms with van der Waals surface area (Å²) < 4.78 is 4.24. The number of methoxy groups -OCH3 is 1. The first-order chi connectivity index (χ1) is 4.16. The van der Waals surface area contributed by atoms with Crippen LogP contribution in [-0.2, 0) is 4.74 Å². The van der Waals surface area contributed by atoms with Gasteiger partial charge in [0.25, 0.3) is 0 Å². The molecule has 0 bridgehead atoms. The predicted molar refractivity (Wildman–Crippen MR) is 34.6 cm³/mol. The Morgan fingerprint density at radius 3 is 2.56 bits per heavy atom. The van der Waals surface area contributed by atoms with Crippen molar-refractivity contribution in [2.75, 3.05) is 21.2 Å². The Balaban J connectivity index is 3.57. The van der Waals surface area contributed by atoms with Crippen molar-refractivity contribution in [1.82, 2.24) is 4.90 Å². The molecule has 1 amide bonds. The number of ether oxygens (including phenoxy) is 1. The highest BCUT2D eigenvalue weighted by Gasteiger charge is 1.89. The number of carbonyl (C=O) groups is 1. The van der Waals surface area contributed by atoms with Crippen molar-refractivity contribution in [3.63, 3.8) is 0 Å². The fourth-order valence-electron chi connectivity index (χ4n) is 0.215. The smallest absolute Gasteiger partial charge is 0.434 e. The van der Waals surface area contributed by atoms with E-state index < -0.39 is 6.09 Å². The van der Waals surface area contributed by atoms with Gasteiger partial charge in [-0.15, -0.1) is 0 Å². The fourth-order valence-corrected chi connectivity index (χ4v) is 0.215. The molecule has 0 spiro atoms. The van der Waals surface area contributed by atoms with Crippen LogP contribution in [0.15, 0.2) is 4.99 Å². The highest BCUT2D eigenvalue weighted by Crippen LogP contribution is 1.77. The van der Waals surface area contributed by atoms with E-state index in [1.54, 1.807) is 19.0 Å². The monoisotopic (exact) mass is 130 g/mol. The minimum absolute atomic E-state index is 0.580. The second kappa shape index (κ2) is 3.88. The topological polar surface area (TPSA) is 41.9 Å². The minimum atomic E-state index is -0.580. The van der Waals surface area contributed by atoms with Gasteiger partial charge in [0.15, 0.2) is 0 Å². The summed E-state index contributed by atoms with van der Waals surface area (Å²) in [6.45, 7) is 0. The van der Waals surface area contributed by atoms with Gasteiger partial charge >= 0.3 is 6.09 Å². The van der Waals surface area contributed by atoms with Gasteiger partial charge in [-0.3, -0.25) is 0 Å². The van der Waals surface area contributed by atoms with Gasteiger partial charge in [-0.25, -0.2) is 4.79 Å². The summed E-state index contributed by atoms with van der Waals surface area (Å²) >= 11 is 0. The molecule has 0 aliphatic heterocycles. The summed E-state index contributed by atoms with van der Waals surface area (Å²) in [4.78, 5) is 15.3. The third kappa shape index (κ3) is 4.80. The van der Waals surface area contributed by atoms with Crippen LogP contribution in [-0.4, -0.2) is 38.5 Å². The van der Waals surface area contributed by atoms with Gasteiger partial charge in [0, 0.05) is 14.1 Å². The average molecular weight is 130 g/mol. The fraction of sp³-hybridized carbons (Fsp3) is 0.600. The number of hydrogen-bond donors (Lipinski definition) is 0. The Morgan fingerprint density at radius 2 is 2.22 bits per heavy atom. The molecule has 0 heterocycles. The Bertz CT molecular complexity index is 120. The van der Waals surface area contributed by atoms with Crippen molar-refractivity contribution in [1.29, 1.82) is 0 Å². The molecule has 0 aromatic carbocycles. The lowest BCUT2D eigenvalue weighted by molar-refractivity contribution is 0.182. The molecule has 0 saturated carbocycles. The standard InChI is InChI=1S/C5H10N2O2/c1-7(2)4-6-5(8)9-3/h4H,1-3H3/b6-4+. The zero-order chi connectivity index (χ0) is 7.28. The lowest BCUT2D eigenvalue weighted by Crippen LogP contribution is -2.09. The molecule has 4 nitrogen and oxygen atoms in total. The van der Waals surface area contributed by atoms with E-state index in [4.69, 9.17) is 0 Å². The van der Waals surface area contributed by atoms with Crippen molar-refractivity contribution in [3.8, 4) is 0 Å². The zero-order valence-corrected chi connectivity index (χ0v) is 5.79. The molecule has 0 radical (unpaired) electrons. The minimum Gasteiger partial charge on any atom is -0.451 e. The molecule has 9 heavy (non-hydrogen) atoms. The molecule has 0 aliphatic rings. The lowest BCUT2D eigenvalue weighted by atomic mass is 10.9. The van der Waals surface area contributed by atoms with E-state index in [0.717, 1.165) is 0 Å². The number of nitrogens with zero attached hydrogens (tertiary/aromatic N) is 2. The zero-order valence-electron chi connectivity index (χ0n) is 5.79. The highest BCUT2D eigenvalue weighted by molar-refractivity contribution is 5.77. The third-order valence-electron chi connectivity index (χ3n) is 0.569. The van der Waals surface area contributed by atoms with Crippen molar-refractivity contribution in [2.45, 2.75) is 0 Å². The number of carbonyl (C=O) groups excluding carboxylic acids is 1. The molecular weight excluding hydrogens is 120 g/mol. The second-order valence-electron chi connectivity index (χ2n) is 1.68. The quantitative estimate of drug-likeness (QED) is 0.379. The van der Waals surface area contributed by atoms with Crippen LogP contribution in [0.4, 0.5) is 4.79 Å². The van der Waals surface area contributed by atoms with Crippen LogP contribution in [0, 0.1) is 0 Å². The predicted octanol–water partition coefficient (Wildman–Crippen LogP) is 0.343. The van der Waals surface area contributed by atoms with E-state index in [1.165, 1.54) is 13.4 Å². The third-order valence-corrected chi connectivity index (χ3v) is 0.569. The van der Waals surface area contributed by atoms with Crippen LogP contribution >= 0.6 is 0 Å². The SMILES string of the molecule is COC(=O)/N=C/N(C)C. The van der Waals surface area contributed by atoms with Crippen LogP contribution in [0.3, 0.4) is 0 Å². The number of aliphatic imine (C=N–C) groups is 1. The first-order valence-electron chi connectivity index (χ1n) is 2.45. The van der Waals surface area contributed by atoms with Gasteiger partial charge in [0.1, 0.15) is 0 Å². The molecule has 52 valence electrons. The molecule has 0 atom stereocenters. The van der Waals surface area contributed by atoms with Gasteiger partial charge < -0.3 is 9.64 Å². The Kier molecular flexibility index (Phi) is 3.43. The van der Waals surface area contributed by atoms with Crippen molar-refractivity contribution in [3.05, 3.63) is 0 Å². The summed E-state index contributed by atoms with van der Waals surface area (Å²) in [7, 11) is 4.83. The maximum atomic E-state index is 10.3. The summed E-state index contributed by atoms with van der Waals surface area (Å²) in [6.07, 6.45) is 0.801. The lowest BCUT2D eigenvalue weighted by Gasteiger charge is -1.99. The Labute approximate surface area is 54.1 Å². The first kappa shape index (κ1) is 7.94. The van der Waals surface area contributed by atoms with Crippen molar-refractivity contribution in [2.24, 2.45) is 4.99 Å². The summed E-state index contributed by atoms with van der Waals surface area (Å²) in [5, 5.41) is 0. The Hall–Kier alpha value is -1.06. The van der Waals surface area contributed by atoms with Gasteiger partial charge in [0.2, 0.25) is 0 Å². The molecule has 0 saturated heterocycles. The van der Waals surface area contributed by atoms with Crippen molar-refractivity contribution >= 4 is 12.4 Å². The van der Waals surface area contributed by atoms with E-state index in [2.05, 4.69) is 9.73 Å². The van der Waals surface area contributed by atoms with Gasteiger partial charge in [-0.2, -0.15) is 4.99 Å². The van der Waals surface area contributed by atoms with E-state index in [-0.39, 0.29) is 0 Å². The van der Waals surface area contributed by atoms with Gasteiger partial charge in [-0.05, 0) is 0 Å². The maximum Gasteiger partial charge on any atom is 0.434 e. The van der Waals surface area contributed by atoms with E-state index >= 15 is 0 Å². The number of hydrogen-bond acceptors (Lipinski definition) is 2. The molecule has 0 unspecified atom stereocenters. The Morgan fingerprint density at radius 1 is 1.67 bits per heavy atom. The average Bonchev–Trinajstić information content (AvgIpc) is 1.83. The summed E-state index contributed by atoms with van der Waals surface area (Å²) in [6, 6.07) is 0. The van der Waals surface area contributed by atoms with Crippen LogP contribution in [0.25, 0.3) is 0 Å². The molecule has 0 N–H and O–H groups in total. The van der Waals surface area contributed by atoms with Crippen LogP contribution < -0.4 is 0 Å². The van der Waals surface area contributed by atoms with Crippen molar-refractivity contribution < 1.29 is 9.53 Å². The normalized spacial score (nSPS) is 9.67. The highest BCUT2D eigenvalue weighted by atomic mass is 16.5. The van der Waals surface area contributed by atoms with Gasteiger partial charge in [0.05, 0.1) is 13.4 Å². The van der Waals surface area contributed by atoms with Crippen LogP contribution in [0.1, 0.15) is 0 Å². The van der Waals surface area contributed by atoms with E-state index in [9.17, 15) is 4.79 Å². The molecule has 0 rings (SSSR count). The van der Waals surface area contributed by atoms with Gasteiger partial charge in [-0.1, -0.05) is 0 Å². The molecule has 0 aromatic heterocycles. The molecule has 4 heteroatoms. The van der Waals surface area contributed by atoms with Crippen LogP contribution in [0.2, 0.25) is 0 Å². The summed E-state index contributed by atoms with van der Waals surface area (Å²) in [5.41, 5.74) is 0. The van der Waals surface area contributed by atoms with E-state index in [0.29, 0.717) is 0 Å². The molecular formula is C5H10N2O2. The van der Waals surface area contributed by atoms with Crippen LogP contribution in [0.5, 0.6) is 0 Å². The molecule has 0 aliphatic carbocycles. The molecule has 0 aromatic rings. The second-order valence-corrected chi connectivity index (χ2v) is 1.68. The largest absolute Gasteiger partial charge is 0.451 e. The molecule has 0 fully saturated rings. The van der Waals surface area contributed by atoms with E-state index in [1.807, 2.05) is 0 Å². The maximum absolute atomic E-state index is 10.3. The number of amides is 1. The summed E-state index contributed by atoms with van der Waals surface area (Å²) in [5.74, 6) is 0. The number of rotatable bonds is 1. The first-order valence-corrected chi connectivity index (χ1v) is 2.45.